The molecule has 1 saturated carbocycles. The third-order valence-corrected chi connectivity index (χ3v) is 4.70. The van der Waals surface area contributed by atoms with E-state index in [1.165, 1.54) is 0 Å². The van der Waals surface area contributed by atoms with Crippen LogP contribution in [0.5, 0.6) is 5.75 Å². The van der Waals surface area contributed by atoms with Crippen molar-refractivity contribution in [1.29, 1.82) is 0 Å². The lowest BCUT2D eigenvalue weighted by Gasteiger charge is -2.29. The zero-order valence-corrected chi connectivity index (χ0v) is 13.5. The van der Waals surface area contributed by atoms with Gasteiger partial charge in [-0.15, -0.1) is 0 Å². The van der Waals surface area contributed by atoms with Crippen LogP contribution in [0.1, 0.15) is 32.6 Å². The van der Waals surface area contributed by atoms with E-state index >= 15 is 0 Å². The molecule has 1 heterocycles. The number of halogens is 1. The van der Waals surface area contributed by atoms with E-state index < -0.39 is 0 Å². The Morgan fingerprint density at radius 3 is 2.73 bits per heavy atom. The van der Waals surface area contributed by atoms with Gasteiger partial charge in [0.1, 0.15) is 5.75 Å². The van der Waals surface area contributed by atoms with Gasteiger partial charge in [0.25, 0.3) is 5.56 Å². The maximum absolute atomic E-state index is 11.8. The minimum absolute atomic E-state index is 0.128. The van der Waals surface area contributed by atoms with Gasteiger partial charge in [0, 0.05) is 23.0 Å². The maximum atomic E-state index is 11.8. The summed E-state index contributed by atoms with van der Waals surface area (Å²) in [4.78, 5) is 14.4. The highest BCUT2D eigenvalue weighted by molar-refractivity contribution is 6.37. The molecule has 2 aromatic rings. The summed E-state index contributed by atoms with van der Waals surface area (Å²) >= 11 is 6.42. The Labute approximate surface area is 134 Å². The molecule has 1 aliphatic carbocycles. The summed E-state index contributed by atoms with van der Waals surface area (Å²) in [5.41, 5.74) is -0.128. The molecular formula is C17H21ClN2O2. The molecule has 2 N–H and O–H groups in total. The lowest BCUT2D eigenvalue weighted by Crippen LogP contribution is -2.36. The molecule has 0 amide bonds. The minimum Gasteiger partial charge on any atom is -0.489 e. The average Bonchev–Trinajstić information content (AvgIpc) is 2.53. The average molecular weight is 321 g/mol. The third-order valence-electron chi connectivity index (χ3n) is 4.31. The topological polar surface area (TPSA) is 54.1 Å². The van der Waals surface area contributed by atoms with Gasteiger partial charge in [-0.05, 0) is 50.4 Å². The van der Waals surface area contributed by atoms with Crippen molar-refractivity contribution in [1.82, 2.24) is 10.3 Å². The first-order valence-corrected chi connectivity index (χ1v) is 8.26. The molecule has 5 heteroatoms. The van der Waals surface area contributed by atoms with Gasteiger partial charge in [-0.3, -0.25) is 4.79 Å². The second-order valence-electron chi connectivity index (χ2n) is 5.79. The summed E-state index contributed by atoms with van der Waals surface area (Å²) in [6, 6.07) is 6.00. The third kappa shape index (κ3) is 3.13. The number of aromatic amines is 1. The highest BCUT2D eigenvalue weighted by atomic mass is 35.5. The normalized spacial score (nSPS) is 21.9. The van der Waals surface area contributed by atoms with Crippen molar-refractivity contribution < 1.29 is 4.74 Å². The second kappa shape index (κ2) is 6.71. The summed E-state index contributed by atoms with van der Waals surface area (Å²) in [6.07, 6.45) is 6.13. The Morgan fingerprint density at radius 2 is 2.00 bits per heavy atom. The predicted molar refractivity (Wildman–Crippen MR) is 89.9 cm³/mol. The summed E-state index contributed by atoms with van der Waals surface area (Å²) in [6.45, 7) is 3.15. The summed E-state index contributed by atoms with van der Waals surface area (Å²) in [5, 5.41) is 5.35. The van der Waals surface area contributed by atoms with Gasteiger partial charge in [0.2, 0.25) is 0 Å². The Hall–Kier alpha value is -1.52. The van der Waals surface area contributed by atoms with Crippen molar-refractivity contribution in [3.05, 3.63) is 39.8 Å². The smallest absolute Gasteiger partial charge is 0.255 e. The van der Waals surface area contributed by atoms with E-state index in [1.54, 1.807) is 18.3 Å². The van der Waals surface area contributed by atoms with E-state index in [-0.39, 0.29) is 11.7 Å². The number of H-pyrrole nitrogens is 1. The lowest BCUT2D eigenvalue weighted by atomic mass is 9.93. The van der Waals surface area contributed by atoms with Crippen molar-refractivity contribution in [3.8, 4) is 5.75 Å². The summed E-state index contributed by atoms with van der Waals surface area (Å²) < 4.78 is 6.09. The van der Waals surface area contributed by atoms with Crippen LogP contribution >= 0.6 is 11.6 Å². The highest BCUT2D eigenvalue weighted by Gasteiger charge is 2.22. The lowest BCUT2D eigenvalue weighted by molar-refractivity contribution is 0.140. The number of pyridine rings is 1. The van der Waals surface area contributed by atoms with E-state index in [0.29, 0.717) is 22.2 Å². The molecule has 0 atom stereocenters. The molecule has 0 radical (unpaired) electrons. The molecule has 4 nitrogen and oxygen atoms in total. The van der Waals surface area contributed by atoms with Crippen molar-refractivity contribution in [2.45, 2.75) is 44.8 Å². The fraction of sp³-hybridized carbons (Fsp3) is 0.471. The van der Waals surface area contributed by atoms with Crippen LogP contribution in [0, 0.1) is 0 Å². The standard InChI is InChI=1S/C17H21ClN2O2/c1-2-19-11-3-5-12(6-4-11)22-15-8-7-14-13(16(15)18)9-10-20-17(14)21/h7-12,19H,2-6H2,1H3,(H,20,21). The molecule has 0 bridgehead atoms. The second-order valence-corrected chi connectivity index (χ2v) is 6.17. The Bertz CT molecular complexity index is 705. The van der Waals surface area contributed by atoms with E-state index in [4.69, 9.17) is 16.3 Å². The zero-order valence-electron chi connectivity index (χ0n) is 12.7. The van der Waals surface area contributed by atoms with Crippen molar-refractivity contribution in [2.75, 3.05) is 6.54 Å². The maximum Gasteiger partial charge on any atom is 0.255 e. The highest BCUT2D eigenvalue weighted by Crippen LogP contribution is 2.33. The van der Waals surface area contributed by atoms with Gasteiger partial charge in [-0.25, -0.2) is 0 Å². The van der Waals surface area contributed by atoms with Crippen molar-refractivity contribution >= 4 is 22.4 Å². The van der Waals surface area contributed by atoms with Gasteiger partial charge >= 0.3 is 0 Å². The van der Waals surface area contributed by atoms with Gasteiger partial charge in [0.05, 0.1) is 11.1 Å². The molecule has 1 aliphatic rings. The monoisotopic (exact) mass is 320 g/mol. The quantitative estimate of drug-likeness (QED) is 0.906. The number of nitrogens with one attached hydrogen (secondary N) is 2. The zero-order chi connectivity index (χ0) is 15.5. The molecule has 0 aliphatic heterocycles. The molecular weight excluding hydrogens is 300 g/mol. The summed E-state index contributed by atoms with van der Waals surface area (Å²) in [7, 11) is 0. The van der Waals surface area contributed by atoms with E-state index in [2.05, 4.69) is 17.2 Å². The fourth-order valence-corrected chi connectivity index (χ4v) is 3.43. The van der Waals surface area contributed by atoms with Crippen LogP contribution in [0.15, 0.2) is 29.2 Å². The number of hydrogen-bond acceptors (Lipinski definition) is 3. The molecule has 0 unspecified atom stereocenters. The molecule has 1 aromatic heterocycles. The van der Waals surface area contributed by atoms with Crippen LogP contribution < -0.4 is 15.6 Å². The fourth-order valence-electron chi connectivity index (χ4n) is 3.16. The SMILES string of the molecule is CCNC1CCC(Oc2ccc3c(=O)[nH]ccc3c2Cl)CC1. The van der Waals surface area contributed by atoms with Gasteiger partial charge in [-0.1, -0.05) is 18.5 Å². The number of rotatable bonds is 4. The van der Waals surface area contributed by atoms with E-state index in [0.717, 1.165) is 37.6 Å². The van der Waals surface area contributed by atoms with E-state index in [1.807, 2.05) is 6.07 Å². The number of fused-ring (bicyclic) bond motifs is 1. The number of ether oxygens (including phenoxy) is 1. The Morgan fingerprint density at radius 1 is 1.23 bits per heavy atom. The molecule has 0 spiro atoms. The molecule has 1 aromatic carbocycles. The Balaban J connectivity index is 1.75. The number of aromatic nitrogens is 1. The first-order chi connectivity index (χ1) is 10.7. The first-order valence-electron chi connectivity index (χ1n) is 7.89. The van der Waals surface area contributed by atoms with Crippen LogP contribution in [0.4, 0.5) is 0 Å². The van der Waals surface area contributed by atoms with Gasteiger partial charge in [0.15, 0.2) is 0 Å². The van der Waals surface area contributed by atoms with Crippen LogP contribution in [-0.2, 0) is 0 Å². The van der Waals surface area contributed by atoms with Crippen LogP contribution in [0.25, 0.3) is 10.8 Å². The molecule has 1 fully saturated rings. The summed E-state index contributed by atoms with van der Waals surface area (Å²) in [5.74, 6) is 0.673. The molecule has 0 saturated heterocycles. The largest absolute Gasteiger partial charge is 0.489 e. The molecule has 22 heavy (non-hydrogen) atoms. The van der Waals surface area contributed by atoms with E-state index in [9.17, 15) is 4.79 Å². The molecule has 3 rings (SSSR count). The van der Waals surface area contributed by atoms with Crippen LogP contribution in [0.2, 0.25) is 5.02 Å². The van der Waals surface area contributed by atoms with Gasteiger partial charge < -0.3 is 15.0 Å². The predicted octanol–water partition coefficient (Wildman–Crippen LogP) is 3.48. The number of hydrogen-bond donors (Lipinski definition) is 2. The van der Waals surface area contributed by atoms with Crippen LogP contribution in [0.3, 0.4) is 0 Å². The van der Waals surface area contributed by atoms with Gasteiger partial charge in [-0.2, -0.15) is 0 Å². The van der Waals surface area contributed by atoms with Crippen LogP contribution in [-0.4, -0.2) is 23.7 Å². The first kappa shape index (κ1) is 15.4. The number of benzene rings is 1. The van der Waals surface area contributed by atoms with Crippen molar-refractivity contribution in [2.24, 2.45) is 0 Å². The van der Waals surface area contributed by atoms with Crippen molar-refractivity contribution in [3.63, 3.8) is 0 Å². The minimum atomic E-state index is -0.128. The molecule has 118 valence electrons. The Kier molecular flexibility index (Phi) is 4.69.